The predicted octanol–water partition coefficient (Wildman–Crippen LogP) is 3.05. The van der Waals surface area contributed by atoms with Gasteiger partial charge in [-0.15, -0.1) is 5.10 Å². The molecule has 4 nitrogen and oxygen atoms in total. The second kappa shape index (κ2) is 6.11. The lowest BCUT2D eigenvalue weighted by atomic mass is 10.1. The van der Waals surface area contributed by atoms with Crippen molar-refractivity contribution in [2.24, 2.45) is 7.05 Å². The molecular weight excluding hydrogens is 282 g/mol. The molecule has 1 unspecified atom stereocenters. The Morgan fingerprint density at radius 2 is 1.62 bits per heavy atom. The van der Waals surface area contributed by atoms with Crippen molar-refractivity contribution < 1.29 is 5.11 Å². The molecule has 0 spiro atoms. The Labute approximate surface area is 127 Å². The molecule has 0 radical (unpaired) electrons. The summed E-state index contributed by atoms with van der Waals surface area (Å²) in [6.07, 6.45) is -0.772. The van der Waals surface area contributed by atoms with Gasteiger partial charge in [0.25, 0.3) is 0 Å². The van der Waals surface area contributed by atoms with Crippen molar-refractivity contribution in [2.45, 2.75) is 16.0 Å². The maximum Gasteiger partial charge on any atom is 0.130 e. The molecular formula is C16H15N3OS. The van der Waals surface area contributed by atoms with Gasteiger partial charge < -0.3 is 5.11 Å². The summed E-state index contributed by atoms with van der Waals surface area (Å²) in [6.45, 7) is 0. The summed E-state index contributed by atoms with van der Waals surface area (Å²) in [6, 6.07) is 19.5. The van der Waals surface area contributed by atoms with Crippen LogP contribution in [0.1, 0.15) is 17.4 Å². The SMILES string of the molecule is Cn1nnc(C(O)c2ccccc2)c1Sc1ccccc1. The normalized spacial score (nSPS) is 12.3. The quantitative estimate of drug-likeness (QED) is 0.804. The van der Waals surface area contributed by atoms with Crippen molar-refractivity contribution in [2.75, 3.05) is 0 Å². The Balaban J connectivity index is 1.94. The van der Waals surface area contributed by atoms with Crippen molar-refractivity contribution in [3.63, 3.8) is 0 Å². The Hall–Kier alpha value is -2.11. The zero-order valence-electron chi connectivity index (χ0n) is 11.5. The molecule has 5 heteroatoms. The minimum atomic E-state index is -0.772. The first-order valence-electron chi connectivity index (χ1n) is 6.61. The first-order valence-corrected chi connectivity index (χ1v) is 7.43. The Bertz CT molecular complexity index is 713. The molecule has 0 aliphatic rings. The van der Waals surface area contributed by atoms with Crippen molar-refractivity contribution in [3.05, 3.63) is 71.9 Å². The van der Waals surface area contributed by atoms with Crippen LogP contribution in [0.2, 0.25) is 0 Å². The topological polar surface area (TPSA) is 50.9 Å². The zero-order valence-corrected chi connectivity index (χ0v) is 12.4. The Morgan fingerprint density at radius 1 is 1.00 bits per heavy atom. The van der Waals surface area contributed by atoms with Gasteiger partial charge in [0, 0.05) is 11.9 Å². The number of benzene rings is 2. The van der Waals surface area contributed by atoms with E-state index in [1.165, 1.54) is 0 Å². The molecule has 21 heavy (non-hydrogen) atoms. The van der Waals surface area contributed by atoms with Crippen LogP contribution in [-0.4, -0.2) is 20.1 Å². The first kappa shape index (κ1) is 13.9. The van der Waals surface area contributed by atoms with Gasteiger partial charge in [0.05, 0.1) is 0 Å². The average Bonchev–Trinajstić information content (AvgIpc) is 2.90. The van der Waals surface area contributed by atoms with Gasteiger partial charge in [-0.2, -0.15) is 0 Å². The molecule has 1 heterocycles. The molecule has 0 fully saturated rings. The van der Waals surface area contributed by atoms with E-state index in [0.717, 1.165) is 15.5 Å². The second-order valence-corrected chi connectivity index (χ2v) is 5.69. The van der Waals surface area contributed by atoms with Crippen LogP contribution in [0.4, 0.5) is 0 Å². The van der Waals surface area contributed by atoms with Gasteiger partial charge in [-0.3, -0.25) is 0 Å². The van der Waals surface area contributed by atoms with Gasteiger partial charge in [-0.05, 0) is 17.7 Å². The number of hydrogen-bond acceptors (Lipinski definition) is 4. The lowest BCUT2D eigenvalue weighted by molar-refractivity contribution is 0.212. The predicted molar refractivity (Wildman–Crippen MR) is 82.1 cm³/mol. The fraction of sp³-hybridized carbons (Fsp3) is 0.125. The van der Waals surface area contributed by atoms with Crippen molar-refractivity contribution >= 4 is 11.8 Å². The van der Waals surface area contributed by atoms with Crippen LogP contribution in [0.3, 0.4) is 0 Å². The smallest absolute Gasteiger partial charge is 0.130 e. The van der Waals surface area contributed by atoms with E-state index in [4.69, 9.17) is 0 Å². The van der Waals surface area contributed by atoms with Crippen molar-refractivity contribution in [1.82, 2.24) is 15.0 Å². The average molecular weight is 297 g/mol. The first-order chi connectivity index (χ1) is 10.3. The highest BCUT2D eigenvalue weighted by atomic mass is 32.2. The molecule has 1 aromatic heterocycles. The second-order valence-electron chi connectivity index (χ2n) is 4.63. The molecule has 0 aliphatic heterocycles. The van der Waals surface area contributed by atoms with Gasteiger partial charge >= 0.3 is 0 Å². The van der Waals surface area contributed by atoms with Crippen LogP contribution in [0.25, 0.3) is 0 Å². The standard InChI is InChI=1S/C16H15N3OS/c1-19-16(21-13-10-6-3-7-11-13)14(17-18-19)15(20)12-8-4-2-5-9-12/h2-11,15,20H,1H3. The third-order valence-electron chi connectivity index (χ3n) is 3.13. The highest BCUT2D eigenvalue weighted by Crippen LogP contribution is 2.33. The van der Waals surface area contributed by atoms with E-state index in [1.807, 2.05) is 67.7 Å². The maximum absolute atomic E-state index is 10.5. The lowest BCUT2D eigenvalue weighted by Crippen LogP contribution is -2.02. The van der Waals surface area contributed by atoms with E-state index in [0.29, 0.717) is 5.69 Å². The molecule has 0 amide bonds. The molecule has 0 saturated carbocycles. The van der Waals surface area contributed by atoms with Crippen LogP contribution >= 0.6 is 11.8 Å². The highest BCUT2D eigenvalue weighted by Gasteiger charge is 2.21. The van der Waals surface area contributed by atoms with Crippen LogP contribution in [0.5, 0.6) is 0 Å². The van der Waals surface area contributed by atoms with E-state index in [-0.39, 0.29) is 0 Å². The molecule has 3 aromatic rings. The molecule has 0 bridgehead atoms. The summed E-state index contributed by atoms with van der Waals surface area (Å²) in [5.74, 6) is 0. The summed E-state index contributed by atoms with van der Waals surface area (Å²) in [5.41, 5.74) is 1.39. The summed E-state index contributed by atoms with van der Waals surface area (Å²) < 4.78 is 1.69. The number of aliphatic hydroxyl groups is 1. The van der Waals surface area contributed by atoms with Crippen molar-refractivity contribution in [3.8, 4) is 0 Å². The fourth-order valence-corrected chi connectivity index (χ4v) is 2.99. The van der Waals surface area contributed by atoms with Crippen LogP contribution in [0, 0.1) is 0 Å². The minimum absolute atomic E-state index is 0.581. The van der Waals surface area contributed by atoms with Crippen LogP contribution in [-0.2, 0) is 7.05 Å². The molecule has 106 valence electrons. The number of nitrogens with zero attached hydrogens (tertiary/aromatic N) is 3. The number of aliphatic hydroxyl groups excluding tert-OH is 1. The lowest BCUT2D eigenvalue weighted by Gasteiger charge is -2.10. The van der Waals surface area contributed by atoms with E-state index < -0.39 is 6.10 Å². The van der Waals surface area contributed by atoms with E-state index in [1.54, 1.807) is 16.4 Å². The molecule has 2 aromatic carbocycles. The minimum Gasteiger partial charge on any atom is -0.382 e. The molecule has 0 saturated heterocycles. The number of hydrogen-bond donors (Lipinski definition) is 1. The highest BCUT2D eigenvalue weighted by molar-refractivity contribution is 7.99. The van der Waals surface area contributed by atoms with Crippen LogP contribution in [0.15, 0.2) is 70.6 Å². The summed E-state index contributed by atoms with van der Waals surface area (Å²) in [5, 5.41) is 19.6. The van der Waals surface area contributed by atoms with Gasteiger partial charge in [-0.1, -0.05) is 65.5 Å². The van der Waals surface area contributed by atoms with Gasteiger partial charge in [0.15, 0.2) is 0 Å². The zero-order chi connectivity index (χ0) is 14.7. The van der Waals surface area contributed by atoms with E-state index in [9.17, 15) is 5.11 Å². The largest absolute Gasteiger partial charge is 0.382 e. The molecule has 3 rings (SSSR count). The molecule has 0 aliphatic carbocycles. The number of aryl methyl sites for hydroxylation is 1. The summed E-state index contributed by atoms with van der Waals surface area (Å²) >= 11 is 1.55. The maximum atomic E-state index is 10.5. The van der Waals surface area contributed by atoms with Crippen LogP contribution < -0.4 is 0 Å². The third kappa shape index (κ3) is 2.99. The van der Waals surface area contributed by atoms with E-state index in [2.05, 4.69) is 10.3 Å². The fourth-order valence-electron chi connectivity index (χ4n) is 2.05. The third-order valence-corrected chi connectivity index (χ3v) is 4.31. The number of aromatic nitrogens is 3. The van der Waals surface area contributed by atoms with Crippen molar-refractivity contribution in [1.29, 1.82) is 0 Å². The monoisotopic (exact) mass is 297 g/mol. The summed E-state index contributed by atoms with van der Waals surface area (Å²) in [4.78, 5) is 1.09. The molecule has 1 N–H and O–H groups in total. The number of rotatable bonds is 4. The van der Waals surface area contributed by atoms with Gasteiger partial charge in [0.1, 0.15) is 16.8 Å². The summed E-state index contributed by atoms with van der Waals surface area (Å²) in [7, 11) is 1.83. The Morgan fingerprint density at radius 3 is 2.29 bits per heavy atom. The van der Waals surface area contributed by atoms with Gasteiger partial charge in [0.2, 0.25) is 0 Å². The van der Waals surface area contributed by atoms with E-state index >= 15 is 0 Å². The van der Waals surface area contributed by atoms with Gasteiger partial charge in [-0.25, -0.2) is 4.68 Å². The molecule has 1 atom stereocenters. The Kier molecular flexibility index (Phi) is 4.03.